The molecule has 2 rings (SSSR count). The number of aliphatic hydroxyl groups excluding tert-OH is 1. The second-order valence-electron chi connectivity index (χ2n) is 5.40. The van der Waals surface area contributed by atoms with Gasteiger partial charge in [-0.2, -0.15) is 5.26 Å². The van der Waals surface area contributed by atoms with E-state index in [-0.39, 0.29) is 0 Å². The lowest BCUT2D eigenvalue weighted by Crippen LogP contribution is -2.37. The van der Waals surface area contributed by atoms with Gasteiger partial charge in [0, 0.05) is 23.5 Å². The van der Waals surface area contributed by atoms with Crippen molar-refractivity contribution in [2.45, 2.75) is 38.4 Å². The van der Waals surface area contributed by atoms with Gasteiger partial charge in [0.1, 0.15) is 0 Å². The van der Waals surface area contributed by atoms with Crippen LogP contribution in [0, 0.1) is 11.3 Å². The first kappa shape index (κ1) is 13.6. The topological polar surface area (TPSA) is 80.0 Å². The van der Waals surface area contributed by atoms with E-state index in [9.17, 15) is 10.2 Å². The van der Waals surface area contributed by atoms with Crippen LogP contribution >= 0.6 is 0 Å². The highest BCUT2D eigenvalue weighted by molar-refractivity contribution is 5.84. The third-order valence-electron chi connectivity index (χ3n) is 3.35. The Labute approximate surface area is 112 Å². The summed E-state index contributed by atoms with van der Waals surface area (Å²) in [6.07, 6.45) is 1.77. The van der Waals surface area contributed by atoms with E-state index in [1.165, 1.54) is 0 Å². The quantitative estimate of drug-likeness (QED) is 0.783. The summed E-state index contributed by atoms with van der Waals surface area (Å²) in [4.78, 5) is 3.12. The highest BCUT2D eigenvalue weighted by Crippen LogP contribution is 2.22. The zero-order chi connectivity index (χ0) is 14.0. The summed E-state index contributed by atoms with van der Waals surface area (Å²) >= 11 is 0. The molecule has 0 amide bonds. The minimum absolute atomic E-state index is 0.359. The number of nitrogens with zero attached hydrogens (tertiary/aromatic N) is 1. The number of aliphatic hydroxyl groups is 2. The number of aromatic nitrogens is 1. The molecule has 1 aromatic carbocycles. The Balaban J connectivity index is 2.30. The Kier molecular flexibility index (Phi) is 3.61. The van der Waals surface area contributed by atoms with Gasteiger partial charge in [-0.15, -0.1) is 0 Å². The van der Waals surface area contributed by atoms with Crippen LogP contribution in [0.5, 0.6) is 0 Å². The Morgan fingerprint density at radius 2 is 2.16 bits per heavy atom. The van der Waals surface area contributed by atoms with Gasteiger partial charge < -0.3 is 15.2 Å². The van der Waals surface area contributed by atoms with E-state index in [0.717, 1.165) is 22.0 Å². The molecule has 3 N–H and O–H groups in total. The number of rotatable bonds is 4. The van der Waals surface area contributed by atoms with E-state index < -0.39 is 11.7 Å². The highest BCUT2D eigenvalue weighted by Gasteiger charge is 2.24. The number of H-pyrrole nitrogens is 1. The van der Waals surface area contributed by atoms with E-state index in [4.69, 9.17) is 5.26 Å². The van der Waals surface area contributed by atoms with Gasteiger partial charge in [-0.05, 0) is 37.1 Å². The summed E-state index contributed by atoms with van der Waals surface area (Å²) < 4.78 is 0. The van der Waals surface area contributed by atoms with Crippen molar-refractivity contribution in [1.29, 1.82) is 5.26 Å². The summed E-state index contributed by atoms with van der Waals surface area (Å²) in [6, 6.07) is 7.96. The van der Waals surface area contributed by atoms with Gasteiger partial charge in [-0.3, -0.25) is 0 Å². The van der Waals surface area contributed by atoms with Crippen molar-refractivity contribution in [2.75, 3.05) is 0 Å². The molecular formula is C15H18N2O2. The van der Waals surface area contributed by atoms with Crippen LogP contribution in [0.4, 0.5) is 0 Å². The molecule has 1 heterocycles. The number of fused-ring (bicyclic) bond motifs is 1. The molecule has 0 bridgehead atoms. The fourth-order valence-electron chi connectivity index (χ4n) is 2.06. The van der Waals surface area contributed by atoms with E-state index in [2.05, 4.69) is 11.1 Å². The molecule has 0 fully saturated rings. The van der Waals surface area contributed by atoms with Gasteiger partial charge in [0.15, 0.2) is 0 Å². The van der Waals surface area contributed by atoms with Crippen molar-refractivity contribution in [1.82, 2.24) is 4.98 Å². The Morgan fingerprint density at radius 3 is 2.79 bits per heavy atom. The molecule has 19 heavy (non-hydrogen) atoms. The second-order valence-corrected chi connectivity index (χ2v) is 5.40. The molecular weight excluding hydrogens is 240 g/mol. The monoisotopic (exact) mass is 258 g/mol. The number of hydrogen-bond donors (Lipinski definition) is 3. The zero-order valence-electron chi connectivity index (χ0n) is 11.1. The molecule has 4 heteroatoms. The Hall–Kier alpha value is -1.83. The lowest BCUT2D eigenvalue weighted by molar-refractivity contribution is -0.0469. The molecule has 2 aromatic rings. The predicted octanol–water partition coefficient (Wildman–Crippen LogP) is 1.91. The molecule has 0 aliphatic carbocycles. The van der Waals surface area contributed by atoms with Gasteiger partial charge in [0.05, 0.1) is 24.2 Å². The fourth-order valence-corrected chi connectivity index (χ4v) is 2.06. The smallest absolute Gasteiger partial charge is 0.0861 e. The van der Waals surface area contributed by atoms with Crippen LogP contribution in [0.2, 0.25) is 0 Å². The molecule has 0 aliphatic rings. The van der Waals surface area contributed by atoms with Crippen LogP contribution in [0.25, 0.3) is 10.9 Å². The summed E-state index contributed by atoms with van der Waals surface area (Å²) in [5, 5.41) is 29.5. The third kappa shape index (κ3) is 2.95. The first-order valence-corrected chi connectivity index (χ1v) is 6.28. The molecule has 0 spiro atoms. The molecule has 0 saturated heterocycles. The average Bonchev–Trinajstić information content (AvgIpc) is 2.71. The van der Waals surface area contributed by atoms with Gasteiger partial charge in [-0.1, -0.05) is 6.07 Å². The number of nitrogens with one attached hydrogen (secondary N) is 1. The van der Waals surface area contributed by atoms with Crippen molar-refractivity contribution >= 4 is 10.9 Å². The zero-order valence-corrected chi connectivity index (χ0v) is 11.1. The van der Waals surface area contributed by atoms with Crippen molar-refractivity contribution in [3.8, 4) is 6.07 Å². The van der Waals surface area contributed by atoms with Gasteiger partial charge in [0.2, 0.25) is 0 Å². The van der Waals surface area contributed by atoms with Crippen LogP contribution in [0.15, 0.2) is 24.4 Å². The number of hydrogen-bond acceptors (Lipinski definition) is 3. The molecule has 0 aliphatic heterocycles. The molecule has 1 unspecified atom stereocenters. The fraction of sp³-hybridized carbons (Fsp3) is 0.400. The number of benzene rings is 1. The van der Waals surface area contributed by atoms with E-state index >= 15 is 0 Å². The molecule has 0 radical (unpaired) electrons. The summed E-state index contributed by atoms with van der Waals surface area (Å²) in [5.41, 5.74) is 1.76. The Morgan fingerprint density at radius 1 is 1.42 bits per heavy atom. The van der Waals surface area contributed by atoms with Crippen LogP contribution in [0.1, 0.15) is 25.0 Å². The normalized spacial score (nSPS) is 13.4. The average molecular weight is 258 g/mol. The predicted molar refractivity (Wildman–Crippen MR) is 73.6 cm³/mol. The maximum atomic E-state index is 9.92. The summed E-state index contributed by atoms with van der Waals surface area (Å²) in [7, 11) is 0. The molecule has 100 valence electrons. The maximum Gasteiger partial charge on any atom is 0.0861 e. The lowest BCUT2D eigenvalue weighted by atomic mass is 9.94. The highest BCUT2D eigenvalue weighted by atomic mass is 16.3. The van der Waals surface area contributed by atoms with Crippen molar-refractivity contribution in [3.63, 3.8) is 0 Å². The first-order valence-electron chi connectivity index (χ1n) is 6.28. The standard InChI is InChI=1S/C15H18N2O2/c1-15(2,19)14(18)8-10-3-4-13-12(7-10)11(5-6-16)9-17-13/h3-4,7,9,14,17-19H,5,8H2,1-2H3. The van der Waals surface area contributed by atoms with E-state index in [0.29, 0.717) is 12.8 Å². The van der Waals surface area contributed by atoms with Crippen LogP contribution in [0.3, 0.4) is 0 Å². The van der Waals surface area contributed by atoms with Crippen molar-refractivity contribution in [3.05, 3.63) is 35.5 Å². The SMILES string of the molecule is CC(C)(O)C(O)Cc1ccc2[nH]cc(CC#N)c2c1. The van der Waals surface area contributed by atoms with Crippen LogP contribution in [-0.2, 0) is 12.8 Å². The van der Waals surface area contributed by atoms with Crippen molar-refractivity contribution in [2.24, 2.45) is 0 Å². The molecule has 1 aromatic heterocycles. The van der Waals surface area contributed by atoms with E-state index in [1.54, 1.807) is 13.8 Å². The minimum atomic E-state index is -1.12. The lowest BCUT2D eigenvalue weighted by Gasteiger charge is -2.24. The molecule has 1 atom stereocenters. The number of aromatic amines is 1. The second kappa shape index (κ2) is 5.04. The van der Waals surface area contributed by atoms with Gasteiger partial charge in [-0.25, -0.2) is 0 Å². The van der Waals surface area contributed by atoms with Gasteiger partial charge >= 0.3 is 0 Å². The van der Waals surface area contributed by atoms with Crippen LogP contribution in [-0.4, -0.2) is 26.9 Å². The van der Waals surface area contributed by atoms with E-state index in [1.807, 2.05) is 24.4 Å². The molecule has 0 saturated carbocycles. The third-order valence-corrected chi connectivity index (χ3v) is 3.35. The Bertz CT molecular complexity index is 617. The number of nitriles is 1. The molecule has 4 nitrogen and oxygen atoms in total. The van der Waals surface area contributed by atoms with Crippen LogP contribution < -0.4 is 0 Å². The largest absolute Gasteiger partial charge is 0.390 e. The summed E-state index contributed by atoms with van der Waals surface area (Å²) in [5.74, 6) is 0. The van der Waals surface area contributed by atoms with Crippen molar-refractivity contribution < 1.29 is 10.2 Å². The maximum absolute atomic E-state index is 9.92. The summed E-state index contributed by atoms with van der Waals surface area (Å²) in [6.45, 7) is 3.18. The van der Waals surface area contributed by atoms with Gasteiger partial charge in [0.25, 0.3) is 0 Å². The first-order chi connectivity index (χ1) is 8.91. The minimum Gasteiger partial charge on any atom is -0.390 e.